The highest BCUT2D eigenvalue weighted by Crippen LogP contribution is 2.68. The van der Waals surface area contributed by atoms with Crippen molar-refractivity contribution < 1.29 is 43.5 Å². The molecule has 1 unspecified atom stereocenters. The number of rotatable bonds is 16. The number of fused-ring (bicyclic) bond motifs is 5. The first-order valence-electron chi connectivity index (χ1n) is 16.7. The number of carbonyl (C=O) groups is 3. The predicted molar refractivity (Wildman–Crippen MR) is 160 cm³/mol. The van der Waals surface area contributed by atoms with Gasteiger partial charge < -0.3 is 34.5 Å². The number of amides is 1. The van der Waals surface area contributed by atoms with Crippen LogP contribution in [0.1, 0.15) is 91.4 Å². The average Bonchev–Trinajstić information content (AvgIpc) is 3.32. The first-order valence-corrected chi connectivity index (χ1v) is 16.7. The van der Waals surface area contributed by atoms with Gasteiger partial charge in [0.25, 0.3) is 0 Å². The van der Waals surface area contributed by atoms with Crippen molar-refractivity contribution in [3.8, 4) is 0 Å². The van der Waals surface area contributed by atoms with Crippen molar-refractivity contribution in [1.82, 2.24) is 5.32 Å². The van der Waals surface area contributed by atoms with Crippen molar-refractivity contribution in [3.05, 3.63) is 0 Å². The molecule has 0 heterocycles. The zero-order valence-corrected chi connectivity index (χ0v) is 26.5. The van der Waals surface area contributed by atoms with Crippen molar-refractivity contribution in [2.24, 2.45) is 46.3 Å². The van der Waals surface area contributed by atoms with Gasteiger partial charge in [-0.25, -0.2) is 9.59 Å². The third-order valence-corrected chi connectivity index (χ3v) is 12.0. The second kappa shape index (κ2) is 15.4. The Bertz CT molecular complexity index is 945. The van der Waals surface area contributed by atoms with Crippen LogP contribution in [0.4, 0.5) is 4.79 Å². The van der Waals surface area contributed by atoms with Gasteiger partial charge in [-0.1, -0.05) is 20.8 Å². The third-order valence-electron chi connectivity index (χ3n) is 12.0. The minimum Gasteiger partial charge on any atom is -0.481 e. The van der Waals surface area contributed by atoms with Gasteiger partial charge in [-0.2, -0.15) is 0 Å². The molecule has 3 N–H and O–H groups in total. The Labute approximate surface area is 256 Å². The molecule has 43 heavy (non-hydrogen) atoms. The highest BCUT2D eigenvalue weighted by molar-refractivity contribution is 5.68. The highest BCUT2D eigenvalue weighted by atomic mass is 16.6. The number of aliphatic carboxylic acids is 2. The lowest BCUT2D eigenvalue weighted by molar-refractivity contribution is -0.143. The maximum absolute atomic E-state index is 12.5. The lowest BCUT2D eigenvalue weighted by Crippen LogP contribution is -2.54. The molecule has 10 nitrogen and oxygen atoms in total. The van der Waals surface area contributed by atoms with Gasteiger partial charge in [0.05, 0.1) is 33.0 Å². The fourth-order valence-electron chi connectivity index (χ4n) is 9.87. The van der Waals surface area contributed by atoms with Crippen molar-refractivity contribution in [1.29, 1.82) is 0 Å². The van der Waals surface area contributed by atoms with E-state index in [0.717, 1.165) is 43.4 Å². The van der Waals surface area contributed by atoms with Crippen LogP contribution in [0.15, 0.2) is 0 Å². The van der Waals surface area contributed by atoms with Crippen molar-refractivity contribution in [2.75, 3.05) is 46.2 Å². The van der Waals surface area contributed by atoms with Crippen LogP contribution in [-0.4, -0.2) is 80.5 Å². The zero-order chi connectivity index (χ0) is 31.0. The Hall–Kier alpha value is -1.91. The van der Waals surface area contributed by atoms with E-state index in [9.17, 15) is 19.5 Å². The number of alkyl carbamates (subject to hydrolysis) is 1. The molecule has 0 radical (unpaired) electrons. The van der Waals surface area contributed by atoms with Crippen LogP contribution in [0.2, 0.25) is 0 Å². The van der Waals surface area contributed by atoms with E-state index in [0.29, 0.717) is 61.6 Å². The van der Waals surface area contributed by atoms with Crippen molar-refractivity contribution in [3.63, 3.8) is 0 Å². The Morgan fingerprint density at radius 1 is 0.814 bits per heavy atom. The summed E-state index contributed by atoms with van der Waals surface area (Å²) < 4.78 is 21.5. The maximum Gasteiger partial charge on any atom is 0.407 e. The number of ether oxygens (including phenoxy) is 4. The molecule has 0 aliphatic heterocycles. The topological polar surface area (TPSA) is 141 Å². The summed E-state index contributed by atoms with van der Waals surface area (Å²) in [5, 5.41) is 20.5. The third kappa shape index (κ3) is 8.42. The summed E-state index contributed by atoms with van der Waals surface area (Å²) in [4.78, 5) is 34.1. The molecular formula is C33H55NO9. The largest absolute Gasteiger partial charge is 0.481 e. The molecule has 1 amide bonds. The molecule has 0 aromatic heterocycles. The standard InChI is InChI=1S/C33H55NO9/c1-22(4-9-29(35)36)26-7-8-27-25-6-5-23-20-24(10-12-32(23,2)28(25)11-13-33(26,27)3)43-31(39)34-14-15-40-16-17-41-18-19-42-21-30(37)38/h22-28H,4-21H2,1-3H3,(H,34,39)(H,35,36)(H,37,38)/t22-,23-,24+,25?,26-,27+,28+,32+,33-/m1/s1. The first kappa shape index (κ1) is 34.0. The van der Waals surface area contributed by atoms with Crippen LogP contribution >= 0.6 is 0 Å². The number of carboxylic acid groups (broad SMARTS) is 2. The minimum atomic E-state index is -1.00. The van der Waals surface area contributed by atoms with E-state index < -0.39 is 11.9 Å². The SMILES string of the molecule is C[C@H](CCC(=O)O)[C@H]1CC[C@H]2C3CC[C@@H]4C[C@@H](OC(=O)NCCOCCOCCOCC(=O)O)CC[C@]4(C)[C@H]3CC[C@]12C. The first-order chi connectivity index (χ1) is 20.5. The molecule has 4 fully saturated rings. The van der Waals surface area contributed by atoms with Crippen molar-refractivity contribution in [2.45, 2.75) is 97.5 Å². The molecule has 10 heteroatoms. The second-order valence-corrected chi connectivity index (χ2v) is 14.2. The van der Waals surface area contributed by atoms with Crippen LogP contribution in [-0.2, 0) is 28.5 Å². The van der Waals surface area contributed by atoms with Gasteiger partial charge in [0.1, 0.15) is 12.7 Å². The summed E-state index contributed by atoms with van der Waals surface area (Å²) in [5.74, 6) is 2.29. The molecule has 246 valence electrons. The quantitative estimate of drug-likeness (QED) is 0.197. The summed E-state index contributed by atoms with van der Waals surface area (Å²) >= 11 is 0. The molecule has 4 rings (SSSR count). The molecule has 4 aliphatic rings. The van der Waals surface area contributed by atoms with Gasteiger partial charge in [0, 0.05) is 13.0 Å². The summed E-state index contributed by atoms with van der Waals surface area (Å²) in [5.41, 5.74) is 0.654. The number of carboxylic acids is 2. The minimum absolute atomic E-state index is 0.0351. The smallest absolute Gasteiger partial charge is 0.407 e. The lowest BCUT2D eigenvalue weighted by Gasteiger charge is -2.61. The monoisotopic (exact) mass is 609 g/mol. The molecule has 0 spiro atoms. The molecule has 4 aliphatic carbocycles. The molecule has 0 bridgehead atoms. The molecular weight excluding hydrogens is 554 g/mol. The van der Waals surface area contributed by atoms with Gasteiger partial charge in [-0.15, -0.1) is 0 Å². The molecule has 0 aromatic rings. The fraction of sp³-hybridized carbons (Fsp3) is 0.909. The Balaban J connectivity index is 1.15. The predicted octanol–water partition coefficient (Wildman–Crippen LogP) is 5.38. The second-order valence-electron chi connectivity index (χ2n) is 14.2. The summed E-state index contributed by atoms with van der Waals surface area (Å²) in [7, 11) is 0. The molecule has 0 saturated heterocycles. The normalized spacial score (nSPS) is 35.7. The Morgan fingerprint density at radius 2 is 1.49 bits per heavy atom. The fourth-order valence-corrected chi connectivity index (χ4v) is 9.87. The van der Waals surface area contributed by atoms with Gasteiger partial charge in [0.2, 0.25) is 0 Å². The van der Waals surface area contributed by atoms with E-state index in [4.69, 9.17) is 24.1 Å². The van der Waals surface area contributed by atoms with E-state index in [1.54, 1.807) is 0 Å². The van der Waals surface area contributed by atoms with Crippen LogP contribution in [0.25, 0.3) is 0 Å². The van der Waals surface area contributed by atoms with E-state index in [2.05, 4.69) is 26.1 Å². The lowest BCUT2D eigenvalue weighted by atomic mass is 9.44. The van der Waals surface area contributed by atoms with Gasteiger partial charge in [0.15, 0.2) is 0 Å². The summed E-state index contributed by atoms with van der Waals surface area (Å²) in [6.07, 6.45) is 11.2. The Kier molecular flexibility index (Phi) is 12.2. The molecule has 0 aromatic carbocycles. The number of hydrogen-bond acceptors (Lipinski definition) is 7. The highest BCUT2D eigenvalue weighted by Gasteiger charge is 2.60. The van der Waals surface area contributed by atoms with E-state index in [1.165, 1.54) is 38.5 Å². The van der Waals surface area contributed by atoms with Gasteiger partial charge in [-0.3, -0.25) is 4.79 Å². The van der Waals surface area contributed by atoms with E-state index in [-0.39, 0.29) is 31.8 Å². The van der Waals surface area contributed by atoms with Crippen LogP contribution in [0, 0.1) is 46.3 Å². The van der Waals surface area contributed by atoms with E-state index >= 15 is 0 Å². The number of carbonyl (C=O) groups excluding carboxylic acids is 1. The molecule has 9 atom stereocenters. The van der Waals surface area contributed by atoms with Gasteiger partial charge in [-0.05, 0) is 111 Å². The number of nitrogens with one attached hydrogen (secondary N) is 1. The zero-order valence-electron chi connectivity index (χ0n) is 26.5. The van der Waals surface area contributed by atoms with Crippen molar-refractivity contribution >= 4 is 18.0 Å². The number of hydrogen-bond donors (Lipinski definition) is 3. The molecule has 4 saturated carbocycles. The van der Waals surface area contributed by atoms with Crippen LogP contribution < -0.4 is 5.32 Å². The van der Waals surface area contributed by atoms with Crippen LogP contribution in [0.5, 0.6) is 0 Å². The summed E-state index contributed by atoms with van der Waals surface area (Å²) in [6, 6.07) is 0. The summed E-state index contributed by atoms with van der Waals surface area (Å²) in [6.45, 7) is 9.03. The maximum atomic E-state index is 12.5. The van der Waals surface area contributed by atoms with Gasteiger partial charge >= 0.3 is 18.0 Å². The Morgan fingerprint density at radius 3 is 2.21 bits per heavy atom. The van der Waals surface area contributed by atoms with E-state index in [1.807, 2.05) is 0 Å². The average molecular weight is 610 g/mol. The van der Waals surface area contributed by atoms with Crippen LogP contribution in [0.3, 0.4) is 0 Å².